The maximum atomic E-state index is 15.9. The van der Waals surface area contributed by atoms with Gasteiger partial charge in [-0.3, -0.25) is 0 Å². The second kappa shape index (κ2) is 11.4. The van der Waals surface area contributed by atoms with Crippen molar-refractivity contribution < 1.29 is 39.5 Å². The zero-order valence-electron chi connectivity index (χ0n) is 26.2. The molecule has 9 rings (SSSR count). The van der Waals surface area contributed by atoms with Gasteiger partial charge in [-0.05, 0) is 56.8 Å². The second-order valence-corrected chi connectivity index (χ2v) is 12.3. The van der Waals surface area contributed by atoms with Crippen molar-refractivity contribution in [2.75, 3.05) is 0 Å². The predicted molar refractivity (Wildman–Crippen MR) is 184 cm³/mol. The molecule has 0 fully saturated rings. The Hall–Kier alpha value is -6.29. The molecule has 10 heteroatoms. The minimum absolute atomic E-state index is 0.349. The largest absolute Gasteiger partial charge is 0.309 e. The highest BCUT2D eigenvalue weighted by Gasteiger charge is 2.35. The van der Waals surface area contributed by atoms with Crippen LogP contribution in [-0.2, 0) is 0 Å². The van der Waals surface area contributed by atoms with E-state index in [0.29, 0.717) is 16.3 Å². The lowest BCUT2D eigenvalue weighted by atomic mass is 9.92. The monoisotopic (exact) mass is 707 g/mol. The number of benzene rings is 8. The molecule has 0 radical (unpaired) electrons. The number of fused-ring (bicyclic) bond motifs is 10. The van der Waals surface area contributed by atoms with Crippen LogP contribution >= 0.6 is 0 Å². The summed E-state index contributed by atoms with van der Waals surface area (Å²) < 4.78 is 136. The number of halogens is 9. The van der Waals surface area contributed by atoms with E-state index in [1.165, 1.54) is 18.2 Å². The van der Waals surface area contributed by atoms with Crippen LogP contribution in [0.15, 0.2) is 109 Å². The molecule has 0 aliphatic heterocycles. The van der Waals surface area contributed by atoms with Crippen molar-refractivity contribution in [3.63, 3.8) is 0 Å². The van der Waals surface area contributed by atoms with Crippen molar-refractivity contribution >= 4 is 54.1 Å². The molecule has 254 valence electrons. The van der Waals surface area contributed by atoms with Gasteiger partial charge in [-0.25, -0.2) is 39.5 Å². The molecule has 0 amide bonds. The lowest BCUT2D eigenvalue weighted by Gasteiger charge is -2.15. The predicted octanol–water partition coefficient (Wildman–Crippen LogP) is 12.8. The van der Waals surface area contributed by atoms with E-state index < -0.39 is 69.0 Å². The molecule has 0 saturated heterocycles. The van der Waals surface area contributed by atoms with Crippen molar-refractivity contribution in [3.05, 3.63) is 162 Å². The fourth-order valence-corrected chi connectivity index (χ4v) is 7.42. The van der Waals surface area contributed by atoms with Gasteiger partial charge in [0.1, 0.15) is 0 Å². The zero-order valence-corrected chi connectivity index (χ0v) is 26.2. The third kappa shape index (κ3) is 4.20. The first-order valence-corrected chi connectivity index (χ1v) is 15.8. The van der Waals surface area contributed by atoms with E-state index in [-0.39, 0.29) is 5.56 Å². The summed E-state index contributed by atoms with van der Waals surface area (Å²) in [6, 6.07) is 32.9. The molecule has 1 nitrogen and oxygen atoms in total. The number of aromatic nitrogens is 1. The summed E-state index contributed by atoms with van der Waals surface area (Å²) in [5.41, 5.74) is -3.71. The van der Waals surface area contributed by atoms with Crippen molar-refractivity contribution in [3.8, 4) is 27.9 Å². The minimum atomic E-state index is -2.62. The van der Waals surface area contributed by atoms with Crippen LogP contribution in [0.3, 0.4) is 0 Å². The van der Waals surface area contributed by atoms with Gasteiger partial charge in [0.25, 0.3) is 0 Å². The normalized spacial score (nSPS) is 11.9. The SMILES string of the molecule is Fc1c(F)c(F)c(-c2c(F)c(F)c(-c3ccc4c(c3)c3c5ccccc5c5ccc6ccccc6c5c3n4-c3ccccc3)c(F)c2F)c(F)c1F. The fraction of sp³-hybridized carbons (Fsp3) is 0. The highest BCUT2D eigenvalue weighted by atomic mass is 19.2. The number of hydrogen-bond donors (Lipinski definition) is 0. The summed E-state index contributed by atoms with van der Waals surface area (Å²) in [6.45, 7) is 0. The first-order valence-electron chi connectivity index (χ1n) is 15.8. The Morgan fingerprint density at radius 3 is 1.48 bits per heavy atom. The lowest BCUT2D eigenvalue weighted by molar-refractivity contribution is 0.379. The summed E-state index contributed by atoms with van der Waals surface area (Å²) in [4.78, 5) is 0. The van der Waals surface area contributed by atoms with Gasteiger partial charge in [0, 0.05) is 21.8 Å². The molecule has 0 aliphatic carbocycles. The van der Waals surface area contributed by atoms with Crippen molar-refractivity contribution in [1.82, 2.24) is 4.57 Å². The molecule has 1 aromatic heterocycles. The van der Waals surface area contributed by atoms with E-state index in [0.717, 1.165) is 43.5 Å². The Balaban J connectivity index is 1.42. The van der Waals surface area contributed by atoms with Crippen molar-refractivity contribution in [1.29, 1.82) is 0 Å². The molecule has 0 saturated carbocycles. The number of nitrogens with zero attached hydrogens (tertiary/aromatic N) is 1. The quantitative estimate of drug-likeness (QED) is 0.0746. The first-order chi connectivity index (χ1) is 25.1. The van der Waals surface area contributed by atoms with E-state index in [1.54, 1.807) is 0 Å². The van der Waals surface area contributed by atoms with Crippen LogP contribution in [0.1, 0.15) is 0 Å². The Bertz CT molecular complexity index is 2950. The van der Waals surface area contributed by atoms with Crippen LogP contribution in [0.5, 0.6) is 0 Å². The van der Waals surface area contributed by atoms with Crippen LogP contribution in [0.2, 0.25) is 0 Å². The van der Waals surface area contributed by atoms with Crippen molar-refractivity contribution in [2.45, 2.75) is 0 Å². The van der Waals surface area contributed by atoms with E-state index in [4.69, 9.17) is 0 Å². The average molecular weight is 708 g/mol. The van der Waals surface area contributed by atoms with Gasteiger partial charge in [0.15, 0.2) is 46.5 Å². The Kier molecular flexibility index (Phi) is 6.92. The van der Waals surface area contributed by atoms with Gasteiger partial charge >= 0.3 is 0 Å². The molecule has 0 atom stereocenters. The Morgan fingerprint density at radius 2 is 0.827 bits per heavy atom. The molecular weight excluding hydrogens is 689 g/mol. The molecule has 52 heavy (non-hydrogen) atoms. The highest BCUT2D eigenvalue weighted by Crippen LogP contribution is 2.47. The Morgan fingerprint density at radius 1 is 0.346 bits per heavy atom. The fourth-order valence-electron chi connectivity index (χ4n) is 7.42. The van der Waals surface area contributed by atoms with Crippen LogP contribution in [0.25, 0.3) is 82.1 Å². The maximum Gasteiger partial charge on any atom is 0.200 e. The number of rotatable bonds is 3. The van der Waals surface area contributed by atoms with Crippen LogP contribution in [0.4, 0.5) is 39.5 Å². The van der Waals surface area contributed by atoms with Gasteiger partial charge in [0.2, 0.25) is 5.82 Å². The standard InChI is InChI=1S/C42H18F9N/c43-33-28(34(44)36(46)31(35(33)45)32-37(47)39(49)41(51)40(50)38(32)48)20-15-17-27-26(18-20)30-24-13-7-6-12-23(24)25-16-14-19-8-4-5-11-22(19)29(25)42(30)52(27)21-9-2-1-3-10-21/h1-18H. The molecule has 9 aromatic rings. The maximum absolute atomic E-state index is 15.9. The molecule has 0 spiro atoms. The summed E-state index contributed by atoms with van der Waals surface area (Å²) in [7, 11) is 0. The molecule has 0 bridgehead atoms. The molecule has 0 aliphatic rings. The summed E-state index contributed by atoms with van der Waals surface area (Å²) >= 11 is 0. The molecule has 0 N–H and O–H groups in total. The molecular formula is C42H18F9N. The average Bonchev–Trinajstić information content (AvgIpc) is 3.51. The van der Waals surface area contributed by atoms with Gasteiger partial charge in [0.05, 0.1) is 27.7 Å². The topological polar surface area (TPSA) is 4.93 Å². The van der Waals surface area contributed by atoms with Gasteiger partial charge in [-0.1, -0.05) is 84.9 Å². The summed E-state index contributed by atoms with van der Waals surface area (Å²) in [6.07, 6.45) is 0. The highest BCUT2D eigenvalue weighted by molar-refractivity contribution is 6.36. The van der Waals surface area contributed by atoms with E-state index >= 15 is 17.6 Å². The Labute approximate surface area is 287 Å². The molecule has 8 aromatic carbocycles. The van der Waals surface area contributed by atoms with E-state index in [2.05, 4.69) is 0 Å². The zero-order chi connectivity index (χ0) is 36.2. The van der Waals surface area contributed by atoms with Crippen LogP contribution < -0.4 is 0 Å². The molecule has 0 unspecified atom stereocenters. The summed E-state index contributed by atoms with van der Waals surface area (Å²) in [5.74, 6) is -21.8. The van der Waals surface area contributed by atoms with Gasteiger partial charge < -0.3 is 4.57 Å². The number of hydrogen-bond acceptors (Lipinski definition) is 0. The van der Waals surface area contributed by atoms with Gasteiger partial charge in [-0.2, -0.15) is 0 Å². The van der Waals surface area contributed by atoms with Crippen molar-refractivity contribution in [2.24, 2.45) is 0 Å². The minimum Gasteiger partial charge on any atom is -0.309 e. The lowest BCUT2D eigenvalue weighted by Crippen LogP contribution is -2.09. The first kappa shape index (κ1) is 31.7. The van der Waals surface area contributed by atoms with Crippen LogP contribution in [-0.4, -0.2) is 4.57 Å². The number of para-hydroxylation sites is 1. The third-order valence-electron chi connectivity index (χ3n) is 9.65. The molecule has 1 heterocycles. The summed E-state index contributed by atoms with van der Waals surface area (Å²) in [5, 5.41) is 6.47. The third-order valence-corrected chi connectivity index (χ3v) is 9.65. The van der Waals surface area contributed by atoms with E-state index in [9.17, 15) is 22.0 Å². The van der Waals surface area contributed by atoms with Gasteiger partial charge in [-0.15, -0.1) is 0 Å². The second-order valence-electron chi connectivity index (χ2n) is 12.3. The van der Waals surface area contributed by atoms with Crippen LogP contribution in [0, 0.1) is 52.4 Å². The van der Waals surface area contributed by atoms with E-state index in [1.807, 2.05) is 95.6 Å². The smallest absolute Gasteiger partial charge is 0.200 e.